The molecule has 19 heavy (non-hydrogen) atoms. The molecule has 3 N–H and O–H groups in total. The third kappa shape index (κ3) is 3.67. The predicted molar refractivity (Wildman–Crippen MR) is 68.7 cm³/mol. The van der Waals surface area contributed by atoms with Crippen molar-refractivity contribution in [3.05, 3.63) is 0 Å². The van der Waals surface area contributed by atoms with Gasteiger partial charge in [0.05, 0.1) is 11.5 Å². The van der Waals surface area contributed by atoms with Crippen LogP contribution in [0.3, 0.4) is 0 Å². The van der Waals surface area contributed by atoms with E-state index in [1.165, 1.54) is 0 Å². The minimum Gasteiger partial charge on any atom is -0.481 e. The van der Waals surface area contributed by atoms with E-state index >= 15 is 0 Å². The van der Waals surface area contributed by atoms with Gasteiger partial charge < -0.3 is 20.5 Å². The highest BCUT2D eigenvalue weighted by Crippen LogP contribution is 2.31. The third-order valence-corrected chi connectivity index (χ3v) is 4.09. The minimum absolute atomic E-state index is 0.0443. The molecule has 1 amide bonds. The molecular formula is C13H22N2O4. The average molecular weight is 270 g/mol. The van der Waals surface area contributed by atoms with Crippen molar-refractivity contribution in [2.24, 2.45) is 11.8 Å². The standard InChI is InChI=1S/C13H22N2O4/c1-13(7-14-8-13)19-6-11(16)15-5-9-3-2-4-10(9)12(17)18/h9-10,14H,2-8H2,1H3,(H,15,16)(H,17,18). The van der Waals surface area contributed by atoms with Gasteiger partial charge in [0, 0.05) is 19.6 Å². The Hall–Kier alpha value is -1.14. The first kappa shape index (κ1) is 14.3. The number of carboxylic acid groups (broad SMARTS) is 1. The molecule has 2 fully saturated rings. The maximum atomic E-state index is 11.7. The summed E-state index contributed by atoms with van der Waals surface area (Å²) >= 11 is 0. The summed E-state index contributed by atoms with van der Waals surface area (Å²) in [5.74, 6) is -1.16. The summed E-state index contributed by atoms with van der Waals surface area (Å²) in [6.07, 6.45) is 2.52. The molecule has 1 aliphatic carbocycles. The van der Waals surface area contributed by atoms with E-state index in [-0.39, 0.29) is 30.0 Å². The Kier molecular flexibility index (Phi) is 4.42. The number of carbonyl (C=O) groups is 2. The van der Waals surface area contributed by atoms with Gasteiger partial charge in [-0.1, -0.05) is 6.42 Å². The van der Waals surface area contributed by atoms with Crippen LogP contribution in [0.2, 0.25) is 0 Å². The van der Waals surface area contributed by atoms with Crippen molar-refractivity contribution < 1.29 is 19.4 Å². The van der Waals surface area contributed by atoms with Crippen molar-refractivity contribution in [2.45, 2.75) is 31.8 Å². The lowest BCUT2D eigenvalue weighted by Gasteiger charge is -2.38. The summed E-state index contributed by atoms with van der Waals surface area (Å²) in [5.41, 5.74) is -0.228. The molecule has 108 valence electrons. The molecule has 0 radical (unpaired) electrons. The molecule has 1 aliphatic heterocycles. The highest BCUT2D eigenvalue weighted by Gasteiger charge is 2.34. The van der Waals surface area contributed by atoms with Gasteiger partial charge in [0.25, 0.3) is 0 Å². The van der Waals surface area contributed by atoms with Crippen LogP contribution in [0, 0.1) is 11.8 Å². The molecule has 1 heterocycles. The number of carboxylic acids is 1. The molecule has 0 spiro atoms. The molecule has 2 aliphatic rings. The van der Waals surface area contributed by atoms with Crippen LogP contribution >= 0.6 is 0 Å². The van der Waals surface area contributed by atoms with Crippen LogP contribution in [0.15, 0.2) is 0 Å². The fraction of sp³-hybridized carbons (Fsp3) is 0.846. The number of nitrogens with one attached hydrogen (secondary N) is 2. The van der Waals surface area contributed by atoms with E-state index in [1.807, 2.05) is 6.92 Å². The normalized spacial score (nSPS) is 28.7. The van der Waals surface area contributed by atoms with Gasteiger partial charge in [-0.3, -0.25) is 9.59 Å². The predicted octanol–water partition coefficient (Wildman–Crippen LogP) is -0.0180. The molecular weight excluding hydrogens is 248 g/mol. The number of aliphatic carboxylic acids is 1. The van der Waals surface area contributed by atoms with Crippen molar-refractivity contribution in [2.75, 3.05) is 26.2 Å². The van der Waals surface area contributed by atoms with Gasteiger partial charge in [0.15, 0.2) is 0 Å². The van der Waals surface area contributed by atoms with Crippen molar-refractivity contribution in [1.82, 2.24) is 10.6 Å². The van der Waals surface area contributed by atoms with Gasteiger partial charge in [-0.2, -0.15) is 0 Å². The summed E-state index contributed by atoms with van der Waals surface area (Å²) in [5, 5.41) is 14.9. The first-order valence-electron chi connectivity index (χ1n) is 6.84. The zero-order valence-corrected chi connectivity index (χ0v) is 11.3. The number of ether oxygens (including phenoxy) is 1. The second kappa shape index (κ2) is 5.88. The van der Waals surface area contributed by atoms with Gasteiger partial charge >= 0.3 is 5.97 Å². The first-order chi connectivity index (χ1) is 9.00. The summed E-state index contributed by atoms with van der Waals surface area (Å²) in [6.45, 7) is 3.99. The summed E-state index contributed by atoms with van der Waals surface area (Å²) in [7, 11) is 0. The number of rotatable bonds is 6. The molecule has 2 atom stereocenters. The highest BCUT2D eigenvalue weighted by molar-refractivity contribution is 5.77. The van der Waals surface area contributed by atoms with Crippen molar-refractivity contribution in [1.29, 1.82) is 0 Å². The van der Waals surface area contributed by atoms with Gasteiger partial charge in [-0.15, -0.1) is 0 Å². The Bertz CT molecular complexity index is 355. The maximum Gasteiger partial charge on any atom is 0.306 e. The van der Waals surface area contributed by atoms with Crippen LogP contribution in [0.1, 0.15) is 26.2 Å². The maximum absolute atomic E-state index is 11.7. The van der Waals surface area contributed by atoms with Gasteiger partial charge in [-0.05, 0) is 25.7 Å². The van der Waals surface area contributed by atoms with Crippen LogP contribution in [-0.2, 0) is 14.3 Å². The quantitative estimate of drug-likeness (QED) is 0.631. The molecule has 0 aromatic carbocycles. The second-order valence-electron chi connectivity index (χ2n) is 5.78. The van der Waals surface area contributed by atoms with E-state index < -0.39 is 5.97 Å². The Balaban J connectivity index is 1.67. The van der Waals surface area contributed by atoms with Gasteiger partial charge in [-0.25, -0.2) is 0 Å². The van der Waals surface area contributed by atoms with E-state index in [4.69, 9.17) is 9.84 Å². The largest absolute Gasteiger partial charge is 0.481 e. The number of hydrogen-bond donors (Lipinski definition) is 3. The van der Waals surface area contributed by atoms with Crippen LogP contribution in [-0.4, -0.2) is 48.8 Å². The molecule has 0 bridgehead atoms. The highest BCUT2D eigenvalue weighted by atomic mass is 16.5. The smallest absolute Gasteiger partial charge is 0.306 e. The zero-order valence-electron chi connectivity index (χ0n) is 11.3. The fourth-order valence-corrected chi connectivity index (χ4v) is 2.72. The topological polar surface area (TPSA) is 87.7 Å². The number of carbonyl (C=O) groups excluding carboxylic acids is 1. The average Bonchev–Trinajstić information content (AvgIpc) is 2.79. The Morgan fingerprint density at radius 1 is 1.42 bits per heavy atom. The van der Waals surface area contributed by atoms with E-state index in [1.54, 1.807) is 0 Å². The minimum atomic E-state index is -0.749. The lowest BCUT2D eigenvalue weighted by atomic mass is 9.96. The molecule has 1 saturated heterocycles. The van der Waals surface area contributed by atoms with Crippen LogP contribution in [0.25, 0.3) is 0 Å². The van der Waals surface area contributed by atoms with E-state index in [0.29, 0.717) is 6.54 Å². The molecule has 2 unspecified atom stereocenters. The fourth-order valence-electron chi connectivity index (χ4n) is 2.72. The molecule has 1 saturated carbocycles. The zero-order chi connectivity index (χ0) is 13.9. The molecule has 2 rings (SSSR count). The van der Waals surface area contributed by atoms with E-state index in [2.05, 4.69) is 10.6 Å². The third-order valence-electron chi connectivity index (χ3n) is 4.09. The van der Waals surface area contributed by atoms with Crippen LogP contribution in [0.4, 0.5) is 0 Å². The molecule has 0 aromatic rings. The summed E-state index contributed by atoms with van der Waals surface area (Å²) in [6, 6.07) is 0. The monoisotopic (exact) mass is 270 g/mol. The van der Waals surface area contributed by atoms with Gasteiger partial charge in [0.2, 0.25) is 5.91 Å². The Morgan fingerprint density at radius 2 is 2.16 bits per heavy atom. The molecule has 0 aromatic heterocycles. The van der Waals surface area contributed by atoms with E-state index in [9.17, 15) is 9.59 Å². The Morgan fingerprint density at radius 3 is 2.74 bits per heavy atom. The van der Waals surface area contributed by atoms with Crippen LogP contribution < -0.4 is 10.6 Å². The lowest BCUT2D eigenvalue weighted by molar-refractivity contribution is -0.143. The summed E-state index contributed by atoms with van der Waals surface area (Å²) in [4.78, 5) is 22.7. The molecule has 6 heteroatoms. The van der Waals surface area contributed by atoms with Crippen LogP contribution in [0.5, 0.6) is 0 Å². The SMILES string of the molecule is CC1(OCC(=O)NCC2CCCC2C(=O)O)CNC1. The van der Waals surface area contributed by atoms with Crippen molar-refractivity contribution >= 4 is 11.9 Å². The second-order valence-corrected chi connectivity index (χ2v) is 5.78. The number of hydrogen-bond acceptors (Lipinski definition) is 4. The van der Waals surface area contributed by atoms with E-state index in [0.717, 1.165) is 32.4 Å². The van der Waals surface area contributed by atoms with Crippen molar-refractivity contribution in [3.63, 3.8) is 0 Å². The number of amides is 1. The Labute approximate surface area is 112 Å². The van der Waals surface area contributed by atoms with Gasteiger partial charge in [0.1, 0.15) is 6.61 Å². The molecule has 6 nitrogen and oxygen atoms in total. The lowest BCUT2D eigenvalue weighted by Crippen LogP contribution is -2.59. The van der Waals surface area contributed by atoms with Crippen molar-refractivity contribution in [3.8, 4) is 0 Å². The first-order valence-corrected chi connectivity index (χ1v) is 6.84. The summed E-state index contributed by atoms with van der Waals surface area (Å²) < 4.78 is 5.53.